The third kappa shape index (κ3) is 4.28. The number of pyridine rings is 1. The van der Waals surface area contributed by atoms with Crippen LogP contribution in [0.3, 0.4) is 0 Å². The number of aromatic amines is 1. The van der Waals surface area contributed by atoms with Crippen molar-refractivity contribution in [3.05, 3.63) is 76.2 Å². The second kappa shape index (κ2) is 8.16. The van der Waals surface area contributed by atoms with Gasteiger partial charge in [0, 0.05) is 36.4 Å². The predicted octanol–water partition coefficient (Wildman–Crippen LogP) is 3.26. The minimum Gasteiger partial charge on any atom is -0.489 e. The molecule has 1 atom stereocenters. The highest BCUT2D eigenvalue weighted by Gasteiger charge is 2.20. The lowest BCUT2D eigenvalue weighted by molar-refractivity contribution is 0.208. The molecule has 0 aliphatic carbocycles. The standard InChI is InChI=1S/C22H22F2N4O2/c1-28-7-6-16(12-28)30-15-4-2-14(3-5-15)26-11-20(25)17-8-13-9-18(23)19(24)10-21(13)27-22(17)29/h2-5,8-11,16,26H,6-7,12,25H2,1H3,(H,27,29)/b20-11-/t16-/m1/s1. The van der Waals surface area contributed by atoms with E-state index in [0.717, 1.165) is 43.1 Å². The Kier molecular flexibility index (Phi) is 5.41. The first-order chi connectivity index (χ1) is 14.4. The van der Waals surface area contributed by atoms with Crippen LogP contribution in [0.4, 0.5) is 14.5 Å². The number of halogens is 2. The van der Waals surface area contributed by atoms with Crippen molar-refractivity contribution in [2.24, 2.45) is 5.73 Å². The van der Waals surface area contributed by atoms with Gasteiger partial charge in [-0.1, -0.05) is 0 Å². The molecule has 1 aromatic heterocycles. The number of hydrogen-bond donors (Lipinski definition) is 3. The number of likely N-dealkylation sites (N-methyl/N-ethyl adjacent to an activating group) is 1. The lowest BCUT2D eigenvalue weighted by Crippen LogP contribution is -2.21. The Labute approximate surface area is 172 Å². The number of anilines is 1. The number of rotatable bonds is 5. The Morgan fingerprint density at radius 3 is 2.67 bits per heavy atom. The van der Waals surface area contributed by atoms with Crippen LogP contribution in [-0.4, -0.2) is 36.1 Å². The van der Waals surface area contributed by atoms with Crippen molar-refractivity contribution in [2.75, 3.05) is 25.5 Å². The number of hydrogen-bond acceptors (Lipinski definition) is 5. The average Bonchev–Trinajstić information content (AvgIpc) is 3.12. The molecular weight excluding hydrogens is 390 g/mol. The summed E-state index contributed by atoms with van der Waals surface area (Å²) in [6.45, 7) is 1.94. The number of likely N-dealkylation sites (tertiary alicyclic amines) is 1. The first kappa shape index (κ1) is 19.9. The van der Waals surface area contributed by atoms with Gasteiger partial charge in [0.25, 0.3) is 5.56 Å². The Balaban J connectivity index is 1.48. The van der Waals surface area contributed by atoms with Crippen molar-refractivity contribution in [3.8, 4) is 5.75 Å². The van der Waals surface area contributed by atoms with E-state index in [-0.39, 0.29) is 22.9 Å². The van der Waals surface area contributed by atoms with E-state index in [9.17, 15) is 13.6 Å². The normalized spacial score (nSPS) is 17.4. The largest absolute Gasteiger partial charge is 0.489 e. The van der Waals surface area contributed by atoms with E-state index < -0.39 is 17.2 Å². The third-order valence-electron chi connectivity index (χ3n) is 5.10. The molecule has 3 aromatic rings. The molecule has 4 N–H and O–H groups in total. The van der Waals surface area contributed by atoms with E-state index in [4.69, 9.17) is 10.5 Å². The molecule has 30 heavy (non-hydrogen) atoms. The minimum absolute atomic E-state index is 0.159. The molecule has 156 valence electrons. The summed E-state index contributed by atoms with van der Waals surface area (Å²) >= 11 is 0. The van der Waals surface area contributed by atoms with Crippen LogP contribution in [0.25, 0.3) is 16.6 Å². The van der Waals surface area contributed by atoms with Crippen LogP contribution in [0.1, 0.15) is 12.0 Å². The van der Waals surface area contributed by atoms with E-state index >= 15 is 0 Å². The number of ether oxygens (including phenoxy) is 1. The number of fused-ring (bicyclic) bond motifs is 1. The highest BCUT2D eigenvalue weighted by Crippen LogP contribution is 2.21. The summed E-state index contributed by atoms with van der Waals surface area (Å²) in [7, 11) is 2.07. The minimum atomic E-state index is -1.02. The highest BCUT2D eigenvalue weighted by molar-refractivity contribution is 5.82. The van der Waals surface area contributed by atoms with Crippen LogP contribution in [0.2, 0.25) is 0 Å². The van der Waals surface area contributed by atoms with Gasteiger partial charge in [-0.3, -0.25) is 4.79 Å². The molecule has 1 fully saturated rings. The molecule has 0 unspecified atom stereocenters. The summed E-state index contributed by atoms with van der Waals surface area (Å²) < 4.78 is 32.8. The van der Waals surface area contributed by atoms with Crippen molar-refractivity contribution >= 4 is 22.3 Å². The van der Waals surface area contributed by atoms with Gasteiger partial charge in [-0.25, -0.2) is 8.78 Å². The molecule has 0 amide bonds. The molecule has 2 heterocycles. The summed E-state index contributed by atoms with van der Waals surface area (Å²) in [4.78, 5) is 17.0. The Hall–Kier alpha value is -3.39. The maximum Gasteiger partial charge on any atom is 0.257 e. The van der Waals surface area contributed by atoms with Crippen molar-refractivity contribution in [3.63, 3.8) is 0 Å². The van der Waals surface area contributed by atoms with Gasteiger partial charge in [-0.2, -0.15) is 0 Å². The molecule has 2 aromatic carbocycles. The van der Waals surface area contributed by atoms with Crippen LogP contribution in [-0.2, 0) is 0 Å². The highest BCUT2D eigenvalue weighted by atomic mass is 19.2. The molecule has 1 aliphatic rings. The van der Waals surface area contributed by atoms with Crippen molar-refractivity contribution in [1.82, 2.24) is 9.88 Å². The molecular formula is C22H22F2N4O2. The molecule has 1 aliphatic heterocycles. The van der Waals surface area contributed by atoms with Crippen molar-refractivity contribution < 1.29 is 13.5 Å². The van der Waals surface area contributed by atoms with Crippen LogP contribution >= 0.6 is 0 Å². The van der Waals surface area contributed by atoms with Gasteiger partial charge in [0.1, 0.15) is 11.9 Å². The van der Waals surface area contributed by atoms with Gasteiger partial charge in [0.05, 0.1) is 16.8 Å². The number of benzene rings is 2. The molecule has 8 heteroatoms. The summed E-state index contributed by atoms with van der Waals surface area (Å²) in [5.41, 5.74) is 6.83. The van der Waals surface area contributed by atoms with Gasteiger partial charge in [0.2, 0.25) is 0 Å². The fourth-order valence-corrected chi connectivity index (χ4v) is 3.47. The maximum atomic E-state index is 13.5. The summed E-state index contributed by atoms with van der Waals surface area (Å²) in [5.74, 6) is -1.23. The van der Waals surface area contributed by atoms with E-state index in [1.54, 1.807) is 0 Å². The number of nitrogens with two attached hydrogens (primary N) is 1. The molecule has 0 spiro atoms. The monoisotopic (exact) mass is 412 g/mol. The van der Waals surface area contributed by atoms with E-state index in [1.807, 2.05) is 24.3 Å². The summed E-state index contributed by atoms with van der Waals surface area (Å²) in [5, 5.41) is 3.38. The van der Waals surface area contributed by atoms with Gasteiger partial charge in [0.15, 0.2) is 11.6 Å². The van der Waals surface area contributed by atoms with Crippen molar-refractivity contribution in [1.29, 1.82) is 0 Å². The predicted molar refractivity (Wildman–Crippen MR) is 113 cm³/mol. The van der Waals surface area contributed by atoms with Gasteiger partial charge in [-0.15, -0.1) is 0 Å². The second-order valence-corrected chi connectivity index (χ2v) is 7.42. The smallest absolute Gasteiger partial charge is 0.257 e. The van der Waals surface area contributed by atoms with Crippen LogP contribution in [0.5, 0.6) is 5.75 Å². The van der Waals surface area contributed by atoms with Crippen molar-refractivity contribution in [2.45, 2.75) is 12.5 Å². The van der Waals surface area contributed by atoms with Gasteiger partial charge < -0.3 is 25.7 Å². The lowest BCUT2D eigenvalue weighted by Gasteiger charge is -2.14. The first-order valence-electron chi connectivity index (χ1n) is 9.59. The summed E-state index contributed by atoms with van der Waals surface area (Å²) in [6.07, 6.45) is 2.69. The first-order valence-corrected chi connectivity index (χ1v) is 9.59. The zero-order valence-corrected chi connectivity index (χ0v) is 16.4. The number of H-pyrrole nitrogens is 1. The number of aromatic nitrogens is 1. The molecule has 0 saturated carbocycles. The quantitative estimate of drug-likeness (QED) is 0.599. The number of nitrogens with zero attached hydrogens (tertiary/aromatic N) is 1. The van der Waals surface area contributed by atoms with E-state index in [1.165, 1.54) is 12.3 Å². The fourth-order valence-electron chi connectivity index (χ4n) is 3.47. The lowest BCUT2D eigenvalue weighted by atomic mass is 10.1. The fraction of sp³-hybridized carbons (Fsp3) is 0.227. The van der Waals surface area contributed by atoms with Gasteiger partial charge >= 0.3 is 0 Å². The summed E-state index contributed by atoms with van der Waals surface area (Å²) in [6, 6.07) is 10.8. The molecule has 4 rings (SSSR count). The average molecular weight is 412 g/mol. The van der Waals surface area contributed by atoms with E-state index in [0.29, 0.717) is 5.39 Å². The van der Waals surface area contributed by atoms with Crippen LogP contribution < -0.4 is 21.3 Å². The third-order valence-corrected chi connectivity index (χ3v) is 5.10. The Morgan fingerprint density at radius 1 is 1.23 bits per heavy atom. The molecule has 0 radical (unpaired) electrons. The Morgan fingerprint density at radius 2 is 1.97 bits per heavy atom. The molecule has 1 saturated heterocycles. The number of nitrogens with one attached hydrogen (secondary N) is 2. The van der Waals surface area contributed by atoms with Crippen LogP contribution in [0.15, 0.2) is 53.5 Å². The molecule has 0 bridgehead atoms. The maximum absolute atomic E-state index is 13.5. The molecule has 6 nitrogen and oxygen atoms in total. The zero-order valence-electron chi connectivity index (χ0n) is 16.4. The van der Waals surface area contributed by atoms with Crippen LogP contribution in [0, 0.1) is 11.6 Å². The zero-order chi connectivity index (χ0) is 21.3. The second-order valence-electron chi connectivity index (χ2n) is 7.42. The Bertz CT molecular complexity index is 1160. The van der Waals surface area contributed by atoms with Gasteiger partial charge in [-0.05, 0) is 49.9 Å². The topological polar surface area (TPSA) is 83.4 Å². The SMILES string of the molecule is CN1CC[C@@H](Oc2ccc(N/C=C(\N)c3cc4cc(F)c(F)cc4[nH]c3=O)cc2)C1. The van der Waals surface area contributed by atoms with E-state index in [2.05, 4.69) is 22.2 Å².